The lowest BCUT2D eigenvalue weighted by Crippen LogP contribution is -1.91. The van der Waals surface area contributed by atoms with Crippen molar-refractivity contribution in [3.63, 3.8) is 0 Å². The molecule has 0 spiro atoms. The Morgan fingerprint density at radius 1 is 0.857 bits per heavy atom. The maximum atomic E-state index is 5.80. The molecule has 0 aliphatic rings. The molecular formula is C17H12Br2OS. The molecule has 1 aromatic heterocycles. The van der Waals surface area contributed by atoms with Crippen LogP contribution in [0.3, 0.4) is 0 Å². The maximum absolute atomic E-state index is 5.80. The zero-order valence-corrected chi connectivity index (χ0v) is 15.0. The molecule has 4 heteroatoms. The first-order valence-electron chi connectivity index (χ1n) is 6.43. The summed E-state index contributed by atoms with van der Waals surface area (Å²) in [6.45, 7) is 0. The topological polar surface area (TPSA) is 9.23 Å². The number of rotatable bonds is 4. The van der Waals surface area contributed by atoms with E-state index in [1.807, 2.05) is 42.5 Å². The summed E-state index contributed by atoms with van der Waals surface area (Å²) in [5, 5.41) is 2.15. The molecule has 0 saturated heterocycles. The van der Waals surface area contributed by atoms with Gasteiger partial charge in [0, 0.05) is 0 Å². The van der Waals surface area contributed by atoms with E-state index in [0.717, 1.165) is 15.3 Å². The zero-order chi connectivity index (χ0) is 14.7. The van der Waals surface area contributed by atoms with Gasteiger partial charge < -0.3 is 4.74 Å². The average Bonchev–Trinajstić information content (AvgIpc) is 2.95. The predicted molar refractivity (Wildman–Crippen MR) is 95.7 cm³/mol. The Bertz CT molecular complexity index is 707. The van der Waals surface area contributed by atoms with Crippen LogP contribution in [-0.2, 0) is 0 Å². The van der Waals surface area contributed by atoms with Gasteiger partial charge in [0.25, 0.3) is 0 Å². The van der Waals surface area contributed by atoms with Gasteiger partial charge in [-0.25, -0.2) is 0 Å². The predicted octanol–water partition coefficient (Wildman–Crippen LogP) is 6.79. The third kappa shape index (κ3) is 3.76. The first kappa shape index (κ1) is 14.8. The molecule has 1 unspecified atom stereocenters. The Morgan fingerprint density at radius 3 is 2.14 bits per heavy atom. The van der Waals surface area contributed by atoms with Crippen LogP contribution >= 0.6 is 43.2 Å². The average molecular weight is 424 g/mol. The third-order valence-corrected chi connectivity index (χ3v) is 5.61. The van der Waals surface area contributed by atoms with E-state index in [1.54, 1.807) is 11.3 Å². The molecule has 0 N–H and O–H groups in total. The first-order chi connectivity index (χ1) is 10.2. The van der Waals surface area contributed by atoms with Crippen LogP contribution < -0.4 is 4.74 Å². The number of hydrogen-bond acceptors (Lipinski definition) is 2. The molecule has 21 heavy (non-hydrogen) atoms. The van der Waals surface area contributed by atoms with Crippen molar-refractivity contribution in [2.75, 3.05) is 0 Å². The normalized spacial score (nSPS) is 12.1. The number of hydrogen-bond donors (Lipinski definition) is 0. The van der Waals surface area contributed by atoms with Crippen molar-refractivity contribution in [2.24, 2.45) is 0 Å². The highest BCUT2D eigenvalue weighted by molar-refractivity contribution is 9.11. The monoisotopic (exact) mass is 422 g/mol. The lowest BCUT2D eigenvalue weighted by atomic mass is 10.1. The summed E-state index contributed by atoms with van der Waals surface area (Å²) >= 11 is 8.94. The van der Waals surface area contributed by atoms with Crippen molar-refractivity contribution in [3.05, 3.63) is 81.0 Å². The van der Waals surface area contributed by atoms with Gasteiger partial charge in [-0.05, 0) is 62.8 Å². The molecule has 0 amide bonds. The highest BCUT2D eigenvalue weighted by atomic mass is 79.9. The number of ether oxygens (including phenoxy) is 1. The van der Waals surface area contributed by atoms with E-state index in [2.05, 4.69) is 55.4 Å². The largest absolute Gasteiger partial charge is 0.457 e. The minimum atomic E-state index is 0.200. The second kappa shape index (κ2) is 6.77. The minimum absolute atomic E-state index is 0.200. The van der Waals surface area contributed by atoms with Crippen molar-refractivity contribution in [1.82, 2.24) is 0 Å². The SMILES string of the molecule is Brc1cc(C(Br)c2ccc(Oc3ccccc3)cc2)cs1. The van der Waals surface area contributed by atoms with E-state index in [9.17, 15) is 0 Å². The molecule has 106 valence electrons. The van der Waals surface area contributed by atoms with Gasteiger partial charge >= 0.3 is 0 Å². The second-order valence-electron chi connectivity index (χ2n) is 4.53. The van der Waals surface area contributed by atoms with Crippen LogP contribution in [0.25, 0.3) is 0 Å². The molecule has 0 radical (unpaired) electrons. The number of alkyl halides is 1. The molecule has 0 aliphatic carbocycles. The molecule has 1 atom stereocenters. The summed E-state index contributed by atoms with van der Waals surface area (Å²) in [7, 11) is 0. The van der Waals surface area contributed by atoms with Crippen LogP contribution in [0.15, 0.2) is 69.8 Å². The first-order valence-corrected chi connectivity index (χ1v) is 9.02. The van der Waals surface area contributed by atoms with Crippen LogP contribution in [0.2, 0.25) is 0 Å². The van der Waals surface area contributed by atoms with E-state index >= 15 is 0 Å². The number of halogens is 2. The standard InChI is InChI=1S/C17H12Br2OS/c18-16-10-13(11-21-16)17(19)12-6-8-15(9-7-12)20-14-4-2-1-3-5-14/h1-11,17H. The molecule has 1 heterocycles. The van der Waals surface area contributed by atoms with Gasteiger partial charge in [-0.3, -0.25) is 0 Å². The van der Waals surface area contributed by atoms with Gasteiger partial charge in [-0.2, -0.15) is 0 Å². The van der Waals surface area contributed by atoms with E-state index in [4.69, 9.17) is 4.74 Å². The van der Waals surface area contributed by atoms with Crippen LogP contribution in [0, 0.1) is 0 Å². The molecular weight excluding hydrogens is 412 g/mol. The van der Waals surface area contributed by atoms with E-state index in [0.29, 0.717) is 0 Å². The molecule has 0 saturated carbocycles. The zero-order valence-electron chi connectivity index (χ0n) is 11.0. The van der Waals surface area contributed by atoms with Gasteiger partial charge in [-0.15, -0.1) is 11.3 Å². The Kier molecular flexibility index (Phi) is 4.78. The molecule has 2 aromatic carbocycles. The van der Waals surface area contributed by atoms with Gasteiger partial charge in [-0.1, -0.05) is 46.3 Å². The summed E-state index contributed by atoms with van der Waals surface area (Å²) in [5.41, 5.74) is 2.46. The molecule has 3 aromatic rings. The van der Waals surface area contributed by atoms with E-state index in [1.165, 1.54) is 11.1 Å². The smallest absolute Gasteiger partial charge is 0.127 e. The van der Waals surface area contributed by atoms with Crippen LogP contribution in [0.1, 0.15) is 16.0 Å². The van der Waals surface area contributed by atoms with Crippen molar-refractivity contribution >= 4 is 43.2 Å². The fraction of sp³-hybridized carbons (Fsp3) is 0.0588. The quantitative estimate of drug-likeness (QED) is 0.420. The van der Waals surface area contributed by atoms with Crippen molar-refractivity contribution in [2.45, 2.75) is 4.83 Å². The lowest BCUT2D eigenvalue weighted by molar-refractivity contribution is 0.482. The molecule has 1 nitrogen and oxygen atoms in total. The summed E-state index contributed by atoms with van der Waals surface area (Å²) in [4.78, 5) is 0.200. The number of benzene rings is 2. The van der Waals surface area contributed by atoms with Crippen LogP contribution in [0.5, 0.6) is 11.5 Å². The summed E-state index contributed by atoms with van der Waals surface area (Å²) in [6.07, 6.45) is 0. The van der Waals surface area contributed by atoms with Crippen molar-refractivity contribution < 1.29 is 4.74 Å². The van der Waals surface area contributed by atoms with Gasteiger partial charge in [0.2, 0.25) is 0 Å². The summed E-state index contributed by atoms with van der Waals surface area (Å²) in [6, 6.07) is 20.1. The third-order valence-electron chi connectivity index (χ3n) is 3.03. The maximum Gasteiger partial charge on any atom is 0.127 e. The van der Waals surface area contributed by atoms with Crippen molar-refractivity contribution in [1.29, 1.82) is 0 Å². The number of para-hydroxylation sites is 1. The molecule has 0 fully saturated rings. The highest BCUT2D eigenvalue weighted by Crippen LogP contribution is 2.36. The summed E-state index contributed by atoms with van der Waals surface area (Å²) < 4.78 is 6.95. The highest BCUT2D eigenvalue weighted by Gasteiger charge is 2.12. The minimum Gasteiger partial charge on any atom is -0.457 e. The fourth-order valence-electron chi connectivity index (χ4n) is 1.98. The van der Waals surface area contributed by atoms with Gasteiger partial charge in [0.05, 0.1) is 8.61 Å². The summed E-state index contributed by atoms with van der Waals surface area (Å²) in [5.74, 6) is 1.69. The number of thiophene rings is 1. The van der Waals surface area contributed by atoms with Crippen LogP contribution in [0.4, 0.5) is 0 Å². The van der Waals surface area contributed by atoms with Crippen LogP contribution in [-0.4, -0.2) is 0 Å². The second-order valence-corrected chi connectivity index (χ2v) is 7.74. The van der Waals surface area contributed by atoms with E-state index in [-0.39, 0.29) is 4.83 Å². The van der Waals surface area contributed by atoms with E-state index < -0.39 is 0 Å². The van der Waals surface area contributed by atoms with Gasteiger partial charge in [0.1, 0.15) is 11.5 Å². The molecule has 3 rings (SSSR count). The Balaban J connectivity index is 1.75. The van der Waals surface area contributed by atoms with Crippen molar-refractivity contribution in [3.8, 4) is 11.5 Å². The fourth-order valence-corrected chi connectivity index (χ4v) is 3.92. The Morgan fingerprint density at radius 2 is 1.52 bits per heavy atom. The van der Waals surface area contributed by atoms with Gasteiger partial charge in [0.15, 0.2) is 0 Å². The molecule has 0 bridgehead atoms. The Hall–Kier alpha value is -1.10. The lowest BCUT2D eigenvalue weighted by Gasteiger charge is -2.10. The Labute approximate surface area is 144 Å². The molecule has 0 aliphatic heterocycles.